The minimum atomic E-state index is -4.64. The van der Waals surface area contributed by atoms with Crippen molar-refractivity contribution in [2.45, 2.75) is 20.0 Å². The van der Waals surface area contributed by atoms with E-state index in [4.69, 9.17) is 10.00 Å². The Morgan fingerprint density at radius 3 is 2.44 bits per heavy atom. The summed E-state index contributed by atoms with van der Waals surface area (Å²) < 4.78 is 43.2. The molecule has 0 atom stereocenters. The first kappa shape index (κ1) is 14.0. The van der Waals surface area contributed by atoms with Crippen molar-refractivity contribution in [3.8, 4) is 11.8 Å². The van der Waals surface area contributed by atoms with Crippen molar-refractivity contribution in [2.24, 2.45) is 0 Å². The van der Waals surface area contributed by atoms with Crippen molar-refractivity contribution < 1.29 is 22.7 Å². The van der Waals surface area contributed by atoms with Gasteiger partial charge < -0.3 is 4.74 Å². The molecule has 0 aliphatic heterocycles. The SMILES string of the molecule is CCOc1cc(C#N)c(C(C)=O)cc1C(F)(F)F. The maximum absolute atomic E-state index is 12.8. The summed E-state index contributed by atoms with van der Waals surface area (Å²) in [7, 11) is 0. The van der Waals surface area contributed by atoms with E-state index in [1.165, 1.54) is 6.92 Å². The molecule has 18 heavy (non-hydrogen) atoms. The average Bonchev–Trinajstić information content (AvgIpc) is 2.26. The Kier molecular flexibility index (Phi) is 3.96. The topological polar surface area (TPSA) is 50.1 Å². The zero-order valence-electron chi connectivity index (χ0n) is 9.76. The lowest BCUT2D eigenvalue weighted by Gasteiger charge is -2.14. The molecule has 0 fully saturated rings. The molecule has 0 amide bonds. The van der Waals surface area contributed by atoms with Crippen LogP contribution in [0.5, 0.6) is 5.75 Å². The number of hydrogen-bond donors (Lipinski definition) is 0. The summed E-state index contributed by atoms with van der Waals surface area (Å²) in [6.07, 6.45) is -4.64. The number of halogens is 3. The highest BCUT2D eigenvalue weighted by Crippen LogP contribution is 2.38. The number of nitriles is 1. The molecular weight excluding hydrogens is 247 g/mol. The van der Waals surface area contributed by atoms with Gasteiger partial charge in [0.05, 0.1) is 17.7 Å². The first-order chi connectivity index (χ1) is 8.31. The van der Waals surface area contributed by atoms with Crippen LogP contribution in [0.4, 0.5) is 13.2 Å². The molecule has 0 heterocycles. The van der Waals surface area contributed by atoms with Crippen LogP contribution in [0.15, 0.2) is 12.1 Å². The zero-order chi connectivity index (χ0) is 13.9. The smallest absolute Gasteiger partial charge is 0.419 e. The number of Topliss-reactive ketones (excluding diaryl/α,β-unsaturated/α-hetero) is 1. The van der Waals surface area contributed by atoms with Crippen LogP contribution in [0.25, 0.3) is 0 Å². The van der Waals surface area contributed by atoms with E-state index in [0.717, 1.165) is 13.0 Å². The summed E-state index contributed by atoms with van der Waals surface area (Å²) in [6, 6.07) is 3.29. The highest BCUT2D eigenvalue weighted by atomic mass is 19.4. The lowest BCUT2D eigenvalue weighted by atomic mass is 10.0. The van der Waals surface area contributed by atoms with Gasteiger partial charge in [0.1, 0.15) is 11.8 Å². The van der Waals surface area contributed by atoms with E-state index in [0.29, 0.717) is 6.07 Å². The van der Waals surface area contributed by atoms with Gasteiger partial charge in [-0.15, -0.1) is 0 Å². The Hall–Kier alpha value is -2.03. The fourth-order valence-corrected chi connectivity index (χ4v) is 1.46. The van der Waals surface area contributed by atoms with Gasteiger partial charge in [0, 0.05) is 5.56 Å². The molecule has 0 aliphatic carbocycles. The number of rotatable bonds is 3. The molecule has 0 aromatic heterocycles. The number of benzene rings is 1. The van der Waals surface area contributed by atoms with Crippen molar-refractivity contribution in [2.75, 3.05) is 6.61 Å². The van der Waals surface area contributed by atoms with Gasteiger partial charge in [-0.25, -0.2) is 0 Å². The summed E-state index contributed by atoms with van der Waals surface area (Å²) in [4.78, 5) is 11.2. The maximum atomic E-state index is 12.8. The van der Waals surface area contributed by atoms with Crippen LogP contribution < -0.4 is 4.74 Å². The number of ether oxygens (including phenoxy) is 1. The van der Waals surface area contributed by atoms with Crippen LogP contribution in [0, 0.1) is 11.3 Å². The van der Waals surface area contributed by atoms with Gasteiger partial charge in [0.25, 0.3) is 0 Å². The first-order valence-electron chi connectivity index (χ1n) is 5.10. The number of ketones is 1. The van der Waals surface area contributed by atoms with Crippen molar-refractivity contribution >= 4 is 5.78 Å². The van der Waals surface area contributed by atoms with Crippen LogP contribution in [0.3, 0.4) is 0 Å². The Bertz CT molecular complexity index is 515. The minimum absolute atomic E-state index is 0.0351. The molecule has 1 aromatic rings. The fraction of sp³-hybridized carbons (Fsp3) is 0.333. The van der Waals surface area contributed by atoms with Crippen molar-refractivity contribution in [1.82, 2.24) is 0 Å². The molecule has 0 N–H and O–H groups in total. The molecule has 0 aliphatic rings. The van der Waals surface area contributed by atoms with Gasteiger partial charge in [0.15, 0.2) is 5.78 Å². The van der Waals surface area contributed by atoms with E-state index < -0.39 is 23.3 Å². The van der Waals surface area contributed by atoms with E-state index in [1.54, 1.807) is 6.07 Å². The quantitative estimate of drug-likeness (QED) is 0.781. The fourth-order valence-electron chi connectivity index (χ4n) is 1.46. The molecule has 1 rings (SSSR count). The second-order valence-electron chi connectivity index (χ2n) is 3.49. The zero-order valence-corrected chi connectivity index (χ0v) is 9.76. The predicted octanol–water partition coefficient (Wildman–Crippen LogP) is 3.18. The molecule has 0 bridgehead atoms. The summed E-state index contributed by atoms with van der Waals surface area (Å²) in [5, 5.41) is 8.81. The first-order valence-corrected chi connectivity index (χ1v) is 5.10. The third-order valence-electron chi connectivity index (χ3n) is 2.22. The Labute approximate surface area is 102 Å². The molecule has 1 aromatic carbocycles. The highest BCUT2D eigenvalue weighted by Gasteiger charge is 2.35. The number of carbonyl (C=O) groups is 1. The molecule has 6 heteroatoms. The lowest BCUT2D eigenvalue weighted by molar-refractivity contribution is -0.138. The summed E-state index contributed by atoms with van der Waals surface area (Å²) >= 11 is 0. The second kappa shape index (κ2) is 5.08. The summed E-state index contributed by atoms with van der Waals surface area (Å²) in [6.45, 7) is 2.68. The third-order valence-corrected chi connectivity index (χ3v) is 2.22. The van der Waals surface area contributed by atoms with Gasteiger partial charge in [0.2, 0.25) is 0 Å². The largest absolute Gasteiger partial charge is 0.493 e. The van der Waals surface area contributed by atoms with Gasteiger partial charge in [-0.05, 0) is 26.0 Å². The predicted molar refractivity (Wildman–Crippen MR) is 57.3 cm³/mol. The van der Waals surface area contributed by atoms with Gasteiger partial charge >= 0.3 is 6.18 Å². The molecule has 0 saturated carbocycles. The molecular formula is C12H10F3NO2. The van der Waals surface area contributed by atoms with Crippen LogP contribution in [-0.2, 0) is 6.18 Å². The Morgan fingerprint density at radius 2 is 2.06 bits per heavy atom. The summed E-state index contributed by atoms with van der Waals surface area (Å²) in [5.74, 6) is -1.04. The van der Waals surface area contributed by atoms with Crippen molar-refractivity contribution in [1.29, 1.82) is 5.26 Å². The molecule has 0 spiro atoms. The van der Waals surface area contributed by atoms with Crippen LogP contribution in [0.1, 0.15) is 35.3 Å². The van der Waals surface area contributed by atoms with Gasteiger partial charge in [-0.1, -0.05) is 0 Å². The number of carbonyl (C=O) groups excluding carboxylic acids is 1. The third kappa shape index (κ3) is 2.80. The molecule has 3 nitrogen and oxygen atoms in total. The van der Waals surface area contributed by atoms with Crippen LogP contribution >= 0.6 is 0 Å². The molecule has 0 saturated heterocycles. The van der Waals surface area contributed by atoms with Crippen LogP contribution in [-0.4, -0.2) is 12.4 Å². The standard InChI is InChI=1S/C12H10F3NO2/c1-3-18-11-4-8(6-16)9(7(2)17)5-10(11)12(13,14)15/h4-5H,3H2,1-2H3. The number of alkyl halides is 3. The lowest BCUT2D eigenvalue weighted by Crippen LogP contribution is -2.11. The second-order valence-corrected chi connectivity index (χ2v) is 3.49. The van der Waals surface area contributed by atoms with E-state index in [1.807, 2.05) is 0 Å². The Morgan fingerprint density at radius 1 is 1.44 bits per heavy atom. The van der Waals surface area contributed by atoms with E-state index in [2.05, 4.69) is 0 Å². The number of nitrogens with zero attached hydrogens (tertiary/aromatic N) is 1. The molecule has 0 radical (unpaired) electrons. The van der Waals surface area contributed by atoms with E-state index in [-0.39, 0.29) is 17.7 Å². The van der Waals surface area contributed by atoms with Crippen molar-refractivity contribution in [3.63, 3.8) is 0 Å². The molecule has 0 unspecified atom stereocenters. The number of hydrogen-bond acceptors (Lipinski definition) is 3. The van der Waals surface area contributed by atoms with Gasteiger partial charge in [-0.2, -0.15) is 18.4 Å². The van der Waals surface area contributed by atoms with Crippen LogP contribution in [0.2, 0.25) is 0 Å². The monoisotopic (exact) mass is 257 g/mol. The highest BCUT2D eigenvalue weighted by molar-refractivity contribution is 5.97. The average molecular weight is 257 g/mol. The Balaban J connectivity index is 3.54. The summed E-state index contributed by atoms with van der Waals surface area (Å²) in [5.41, 5.74) is -1.43. The minimum Gasteiger partial charge on any atom is -0.493 e. The van der Waals surface area contributed by atoms with E-state index in [9.17, 15) is 18.0 Å². The van der Waals surface area contributed by atoms with E-state index >= 15 is 0 Å². The normalized spacial score (nSPS) is 10.9. The molecule has 96 valence electrons. The maximum Gasteiger partial charge on any atom is 0.419 e. The van der Waals surface area contributed by atoms with Gasteiger partial charge in [-0.3, -0.25) is 4.79 Å². The van der Waals surface area contributed by atoms with Crippen molar-refractivity contribution in [3.05, 3.63) is 28.8 Å².